The van der Waals surface area contributed by atoms with Crippen molar-refractivity contribution >= 4 is 17.4 Å². The molecule has 1 atom stereocenters. The van der Waals surface area contributed by atoms with Crippen LogP contribution in [0.15, 0.2) is 60.2 Å². The third-order valence-corrected chi connectivity index (χ3v) is 4.73. The van der Waals surface area contributed by atoms with E-state index in [-0.39, 0.29) is 18.6 Å². The lowest BCUT2D eigenvalue weighted by molar-refractivity contribution is -0.137. The molecule has 0 spiro atoms. The minimum absolute atomic E-state index is 0.0537. The van der Waals surface area contributed by atoms with Crippen LogP contribution in [-0.4, -0.2) is 29.8 Å². The van der Waals surface area contributed by atoms with Crippen molar-refractivity contribution in [2.24, 2.45) is 0 Å². The fourth-order valence-electron chi connectivity index (χ4n) is 3.31. The van der Waals surface area contributed by atoms with E-state index < -0.39 is 30.5 Å². The molecule has 1 amide bonds. The van der Waals surface area contributed by atoms with Gasteiger partial charge in [-0.25, -0.2) is 4.79 Å². The molecule has 32 heavy (non-hydrogen) atoms. The molecule has 0 fully saturated rings. The first-order valence-corrected chi connectivity index (χ1v) is 10.4. The minimum Gasteiger partial charge on any atom is -0.494 e. The fourth-order valence-corrected chi connectivity index (χ4v) is 3.31. The number of hydrogen-bond acceptors (Lipinski definition) is 3. The van der Waals surface area contributed by atoms with Crippen molar-refractivity contribution in [2.75, 3.05) is 6.61 Å². The van der Waals surface area contributed by atoms with Crippen LogP contribution in [0, 0.1) is 0 Å². The zero-order valence-electron chi connectivity index (χ0n) is 17.9. The Morgan fingerprint density at radius 1 is 1.09 bits per heavy atom. The number of aliphatic carboxylic acids is 1. The fraction of sp³-hybridized carbons (Fsp3) is 0.333. The van der Waals surface area contributed by atoms with E-state index >= 15 is 0 Å². The molecule has 0 aromatic heterocycles. The Balaban J connectivity index is 0.00000176. The number of nitrogens with one attached hydrogen (secondary N) is 1. The van der Waals surface area contributed by atoms with Gasteiger partial charge >= 0.3 is 12.1 Å². The van der Waals surface area contributed by atoms with E-state index in [2.05, 4.69) is 5.32 Å². The van der Waals surface area contributed by atoms with Crippen molar-refractivity contribution < 1.29 is 32.6 Å². The first kappa shape index (κ1) is 25.0. The maximum absolute atomic E-state index is 12.5. The zero-order chi connectivity index (χ0) is 23.7. The average molecular weight is 449 g/mol. The lowest BCUT2D eigenvalue weighted by Gasteiger charge is -2.27. The molecule has 0 saturated carbocycles. The Labute approximate surface area is 184 Å². The molecule has 2 aromatic rings. The third kappa shape index (κ3) is 6.87. The summed E-state index contributed by atoms with van der Waals surface area (Å²) in [5.41, 5.74) is 1.58. The summed E-state index contributed by atoms with van der Waals surface area (Å²) in [5, 5.41) is 12.2. The third-order valence-electron chi connectivity index (χ3n) is 4.73. The molecule has 1 unspecified atom stereocenters. The first-order chi connectivity index (χ1) is 15.2. The van der Waals surface area contributed by atoms with Gasteiger partial charge in [-0.3, -0.25) is 4.79 Å². The number of carboxylic acid groups (broad SMARTS) is 1. The van der Waals surface area contributed by atoms with Crippen molar-refractivity contribution in [3.63, 3.8) is 0 Å². The van der Waals surface area contributed by atoms with Crippen molar-refractivity contribution in [2.45, 2.75) is 45.3 Å². The van der Waals surface area contributed by atoms with E-state index in [1.165, 1.54) is 0 Å². The van der Waals surface area contributed by atoms with Crippen molar-refractivity contribution in [1.82, 2.24) is 5.32 Å². The number of carboxylic acids is 1. The largest absolute Gasteiger partial charge is 0.494 e. The molecule has 0 saturated heterocycles. The molecule has 1 aliphatic rings. The minimum atomic E-state index is -4.20. The van der Waals surface area contributed by atoms with Gasteiger partial charge in [0.25, 0.3) is 5.91 Å². The Bertz CT molecular complexity index is 938. The van der Waals surface area contributed by atoms with E-state index in [0.717, 1.165) is 5.56 Å². The molecule has 1 aliphatic heterocycles. The van der Waals surface area contributed by atoms with Crippen LogP contribution in [0.25, 0.3) is 5.57 Å². The maximum atomic E-state index is 12.5. The van der Waals surface area contributed by atoms with Crippen molar-refractivity contribution in [3.05, 3.63) is 71.3 Å². The van der Waals surface area contributed by atoms with Crippen LogP contribution < -0.4 is 10.1 Å². The van der Waals surface area contributed by atoms with Gasteiger partial charge in [0.1, 0.15) is 11.3 Å². The number of rotatable bonds is 7. The molecular weight excluding hydrogens is 423 g/mol. The van der Waals surface area contributed by atoms with Crippen LogP contribution in [0.5, 0.6) is 5.75 Å². The van der Waals surface area contributed by atoms with Gasteiger partial charge in [-0.2, -0.15) is 13.2 Å². The summed E-state index contributed by atoms with van der Waals surface area (Å²) in [6.45, 7) is 3.95. The topological polar surface area (TPSA) is 75.6 Å². The number of amides is 1. The number of hydrogen-bond donors (Lipinski definition) is 2. The molecule has 5 nitrogen and oxygen atoms in total. The van der Waals surface area contributed by atoms with E-state index in [0.29, 0.717) is 23.3 Å². The predicted octanol–water partition coefficient (Wildman–Crippen LogP) is 5.53. The summed E-state index contributed by atoms with van der Waals surface area (Å²) >= 11 is 0. The predicted molar refractivity (Wildman–Crippen MR) is 115 cm³/mol. The number of ether oxygens (including phenoxy) is 1. The molecule has 2 aromatic carbocycles. The van der Waals surface area contributed by atoms with Gasteiger partial charge in [0.2, 0.25) is 0 Å². The van der Waals surface area contributed by atoms with E-state index in [4.69, 9.17) is 4.74 Å². The first-order valence-electron chi connectivity index (χ1n) is 10.4. The molecule has 0 radical (unpaired) electrons. The lowest BCUT2D eigenvalue weighted by atomic mass is 9.87. The van der Waals surface area contributed by atoms with Gasteiger partial charge in [-0.1, -0.05) is 56.3 Å². The van der Waals surface area contributed by atoms with Gasteiger partial charge in [0.05, 0.1) is 12.6 Å². The second-order valence-electron chi connectivity index (χ2n) is 6.89. The summed E-state index contributed by atoms with van der Waals surface area (Å²) in [6.07, 6.45) is -4.94. The number of benzene rings is 2. The summed E-state index contributed by atoms with van der Waals surface area (Å²) in [6, 6.07) is 15.1. The van der Waals surface area contributed by atoms with Crippen molar-refractivity contribution in [1.29, 1.82) is 0 Å². The van der Waals surface area contributed by atoms with Gasteiger partial charge in [0.15, 0.2) is 0 Å². The molecule has 172 valence electrons. The van der Waals surface area contributed by atoms with Gasteiger partial charge in [-0.15, -0.1) is 0 Å². The molecule has 0 bridgehead atoms. The van der Waals surface area contributed by atoms with Gasteiger partial charge in [0, 0.05) is 6.42 Å². The maximum Gasteiger partial charge on any atom is 0.389 e. The quantitative estimate of drug-likeness (QED) is 0.430. The highest BCUT2D eigenvalue weighted by molar-refractivity contribution is 6.22. The second kappa shape index (κ2) is 11.4. The standard InChI is InChI=1S/C22H20F3NO4.C2H6/c23-22(24,25)11-4-12-30-16-9-7-15(8-10-16)18-13-17(14-5-2-1-3-6-14)19(21(28)29)20(27)26-18;1-2/h1-3,5-10,18H,4,11-13H2,(H,26,27)(H,28,29);1-2H3. The highest BCUT2D eigenvalue weighted by Crippen LogP contribution is 2.34. The molecular formula is C24H26F3NO4. The van der Waals surface area contributed by atoms with Crippen LogP contribution in [0.4, 0.5) is 13.2 Å². The molecule has 2 N–H and O–H groups in total. The number of halogens is 3. The molecule has 3 rings (SSSR count). The SMILES string of the molecule is CC.O=C(O)C1=C(c2ccccc2)CC(c2ccc(OCCCC(F)(F)F)cc2)NC1=O. The van der Waals surface area contributed by atoms with Crippen LogP contribution in [-0.2, 0) is 9.59 Å². The van der Waals surface area contributed by atoms with Crippen LogP contribution in [0.2, 0.25) is 0 Å². The van der Waals surface area contributed by atoms with Crippen LogP contribution in [0.3, 0.4) is 0 Å². The summed E-state index contributed by atoms with van der Waals surface area (Å²) in [7, 11) is 0. The Kier molecular flexibility index (Phi) is 8.87. The van der Waals surface area contributed by atoms with Crippen LogP contribution in [0.1, 0.15) is 50.3 Å². The number of carbonyl (C=O) groups is 2. The average Bonchev–Trinajstić information content (AvgIpc) is 2.77. The highest BCUT2D eigenvalue weighted by Gasteiger charge is 2.32. The lowest BCUT2D eigenvalue weighted by Crippen LogP contribution is -2.37. The Morgan fingerprint density at radius 2 is 1.72 bits per heavy atom. The number of carbonyl (C=O) groups excluding carboxylic acids is 1. The Morgan fingerprint density at radius 3 is 2.28 bits per heavy atom. The van der Waals surface area contributed by atoms with Crippen LogP contribution >= 0.6 is 0 Å². The zero-order valence-corrected chi connectivity index (χ0v) is 17.9. The molecule has 0 aliphatic carbocycles. The monoisotopic (exact) mass is 449 g/mol. The molecule has 8 heteroatoms. The highest BCUT2D eigenvalue weighted by atomic mass is 19.4. The normalized spacial score (nSPS) is 16.0. The van der Waals surface area contributed by atoms with Gasteiger partial charge in [-0.05, 0) is 41.7 Å². The van der Waals surface area contributed by atoms with Gasteiger partial charge < -0.3 is 15.2 Å². The van der Waals surface area contributed by atoms with E-state index in [1.807, 2.05) is 13.8 Å². The Hall–Kier alpha value is -3.29. The summed E-state index contributed by atoms with van der Waals surface area (Å²) in [5.74, 6) is -1.52. The summed E-state index contributed by atoms with van der Waals surface area (Å²) < 4.78 is 41.8. The smallest absolute Gasteiger partial charge is 0.389 e. The molecule has 1 heterocycles. The number of alkyl halides is 3. The van der Waals surface area contributed by atoms with E-state index in [1.54, 1.807) is 54.6 Å². The second-order valence-corrected chi connectivity index (χ2v) is 6.89. The van der Waals surface area contributed by atoms with E-state index in [9.17, 15) is 27.9 Å². The summed E-state index contributed by atoms with van der Waals surface area (Å²) in [4.78, 5) is 24.1. The van der Waals surface area contributed by atoms with Crippen molar-refractivity contribution in [3.8, 4) is 5.75 Å².